The Balaban J connectivity index is 1.69. The fourth-order valence-corrected chi connectivity index (χ4v) is 3.34. The third kappa shape index (κ3) is 3.44. The average molecular weight is 317 g/mol. The molecule has 2 aromatic heterocycles. The second-order valence-corrected chi connectivity index (χ2v) is 7.92. The first-order chi connectivity index (χ1) is 10.5. The molecule has 6 heteroatoms. The van der Waals surface area contributed by atoms with Crippen LogP contribution < -0.4 is 0 Å². The number of imidazole rings is 1. The quantitative estimate of drug-likeness (QED) is 0.709. The van der Waals surface area contributed by atoms with E-state index in [1.165, 1.54) is 6.26 Å². The van der Waals surface area contributed by atoms with Crippen LogP contribution in [0, 0.1) is 0 Å². The second kappa shape index (κ2) is 6.04. The van der Waals surface area contributed by atoms with Crippen LogP contribution >= 0.6 is 0 Å². The van der Waals surface area contributed by atoms with Gasteiger partial charge in [-0.15, -0.1) is 0 Å². The van der Waals surface area contributed by atoms with E-state index in [1.54, 1.807) is 0 Å². The molecular weight excluding hydrogens is 298 g/mol. The lowest BCUT2D eigenvalue weighted by molar-refractivity contribution is 0.595. The van der Waals surface area contributed by atoms with Crippen LogP contribution in [-0.2, 0) is 16.3 Å². The maximum Gasteiger partial charge on any atom is 0.147 e. The number of nitrogens with one attached hydrogen (secondary N) is 1. The lowest BCUT2D eigenvalue weighted by Crippen LogP contribution is -2.02. The Morgan fingerprint density at radius 1 is 1.14 bits per heavy atom. The molecule has 1 aromatic carbocycles. The van der Waals surface area contributed by atoms with Gasteiger partial charge in [0.15, 0.2) is 0 Å². The summed E-state index contributed by atoms with van der Waals surface area (Å²) in [4.78, 5) is 12.4. The van der Waals surface area contributed by atoms with Crippen molar-refractivity contribution in [2.45, 2.75) is 25.7 Å². The molecule has 0 aliphatic rings. The molecule has 116 valence electrons. The summed E-state index contributed by atoms with van der Waals surface area (Å²) >= 11 is 0. The van der Waals surface area contributed by atoms with Gasteiger partial charge in [0.1, 0.15) is 15.7 Å². The zero-order valence-electron chi connectivity index (χ0n) is 12.5. The van der Waals surface area contributed by atoms with Crippen LogP contribution in [0.2, 0.25) is 0 Å². The predicted octanol–water partition coefficient (Wildman–Crippen LogP) is 2.87. The fourth-order valence-electron chi connectivity index (χ4n) is 2.61. The largest absolute Gasteiger partial charge is 0.341 e. The van der Waals surface area contributed by atoms with E-state index in [0.717, 1.165) is 47.0 Å². The topological polar surface area (TPSA) is 75.7 Å². The van der Waals surface area contributed by atoms with Crippen LogP contribution in [0.25, 0.3) is 21.9 Å². The Hall–Kier alpha value is -1.95. The van der Waals surface area contributed by atoms with Crippen molar-refractivity contribution in [1.82, 2.24) is 15.0 Å². The molecule has 0 aliphatic heterocycles. The van der Waals surface area contributed by atoms with Gasteiger partial charge in [-0.25, -0.2) is 13.4 Å². The zero-order chi connectivity index (χ0) is 15.6. The van der Waals surface area contributed by atoms with Crippen molar-refractivity contribution in [3.8, 4) is 0 Å². The van der Waals surface area contributed by atoms with Crippen molar-refractivity contribution in [2.75, 3.05) is 12.0 Å². The van der Waals surface area contributed by atoms with Gasteiger partial charge in [-0.1, -0.05) is 24.6 Å². The van der Waals surface area contributed by atoms with Gasteiger partial charge in [-0.3, -0.25) is 4.98 Å². The molecule has 22 heavy (non-hydrogen) atoms. The number of H-pyrrole nitrogens is 1. The number of rotatable bonds is 6. The number of fused-ring (bicyclic) bond motifs is 3. The summed E-state index contributed by atoms with van der Waals surface area (Å²) in [5, 5.41) is 1.06. The Morgan fingerprint density at radius 2 is 1.95 bits per heavy atom. The Labute approximate surface area is 129 Å². The third-order valence-electron chi connectivity index (χ3n) is 3.70. The van der Waals surface area contributed by atoms with E-state index < -0.39 is 9.84 Å². The number of pyridine rings is 1. The SMILES string of the molecule is CS(=O)(=O)CCCCCc1nc2c(cnc3ccccc32)[nH]1. The number of aryl methyl sites for hydroxylation is 1. The molecule has 0 saturated heterocycles. The zero-order valence-corrected chi connectivity index (χ0v) is 13.4. The number of para-hydroxylation sites is 1. The van der Waals surface area contributed by atoms with Crippen LogP contribution in [0.15, 0.2) is 30.5 Å². The lowest BCUT2D eigenvalue weighted by atomic mass is 10.2. The first kappa shape index (κ1) is 15.0. The molecule has 0 spiro atoms. The first-order valence-corrected chi connectivity index (χ1v) is 9.49. The number of sulfone groups is 1. The van der Waals surface area contributed by atoms with Crippen LogP contribution in [-0.4, -0.2) is 35.4 Å². The molecule has 0 bridgehead atoms. The molecule has 3 aromatic rings. The molecule has 0 aliphatic carbocycles. The van der Waals surface area contributed by atoms with Crippen molar-refractivity contribution in [3.05, 3.63) is 36.3 Å². The molecular formula is C16H19N3O2S. The summed E-state index contributed by atoms with van der Waals surface area (Å²) in [7, 11) is -2.85. The van der Waals surface area contributed by atoms with E-state index >= 15 is 0 Å². The lowest BCUT2D eigenvalue weighted by Gasteiger charge is -1.98. The third-order valence-corrected chi connectivity index (χ3v) is 4.73. The predicted molar refractivity (Wildman–Crippen MR) is 88.7 cm³/mol. The highest BCUT2D eigenvalue weighted by atomic mass is 32.2. The summed E-state index contributed by atoms with van der Waals surface area (Å²) in [5.41, 5.74) is 2.85. The highest BCUT2D eigenvalue weighted by Gasteiger charge is 2.07. The average Bonchev–Trinajstić information content (AvgIpc) is 2.89. The Kier molecular flexibility index (Phi) is 4.11. The molecule has 2 heterocycles. The van der Waals surface area contributed by atoms with Gasteiger partial charge in [0.25, 0.3) is 0 Å². The summed E-state index contributed by atoms with van der Waals surface area (Å²) in [6, 6.07) is 7.97. The van der Waals surface area contributed by atoms with E-state index in [9.17, 15) is 8.42 Å². The second-order valence-electron chi connectivity index (χ2n) is 5.66. The van der Waals surface area contributed by atoms with Crippen LogP contribution in [0.5, 0.6) is 0 Å². The van der Waals surface area contributed by atoms with E-state index in [2.05, 4.69) is 15.0 Å². The van der Waals surface area contributed by atoms with E-state index in [1.807, 2.05) is 30.5 Å². The van der Waals surface area contributed by atoms with Crippen LogP contribution in [0.3, 0.4) is 0 Å². The van der Waals surface area contributed by atoms with E-state index in [0.29, 0.717) is 6.42 Å². The minimum Gasteiger partial charge on any atom is -0.341 e. The molecule has 0 saturated carbocycles. The number of hydrogen-bond acceptors (Lipinski definition) is 4. The van der Waals surface area contributed by atoms with Crippen molar-refractivity contribution in [3.63, 3.8) is 0 Å². The molecule has 0 fully saturated rings. The van der Waals surface area contributed by atoms with Crippen molar-refractivity contribution >= 4 is 31.8 Å². The van der Waals surface area contributed by atoms with Crippen molar-refractivity contribution in [1.29, 1.82) is 0 Å². The summed E-state index contributed by atoms with van der Waals surface area (Å²) in [6.45, 7) is 0. The van der Waals surface area contributed by atoms with Gasteiger partial charge in [-0.2, -0.15) is 0 Å². The highest BCUT2D eigenvalue weighted by Crippen LogP contribution is 2.21. The number of hydrogen-bond donors (Lipinski definition) is 1. The van der Waals surface area contributed by atoms with Gasteiger partial charge >= 0.3 is 0 Å². The van der Waals surface area contributed by atoms with Crippen LogP contribution in [0.1, 0.15) is 25.1 Å². The molecule has 0 amide bonds. The normalized spacial score (nSPS) is 12.2. The first-order valence-electron chi connectivity index (χ1n) is 7.43. The summed E-state index contributed by atoms with van der Waals surface area (Å²) in [6.07, 6.45) is 6.46. The number of benzene rings is 1. The van der Waals surface area contributed by atoms with E-state index in [-0.39, 0.29) is 5.75 Å². The summed E-state index contributed by atoms with van der Waals surface area (Å²) in [5.74, 6) is 1.20. The standard InChI is InChI=1S/C16H19N3O2S/c1-22(20,21)10-6-2-3-9-15-18-14-11-17-13-8-5-4-7-12(13)16(14)19-15/h4-5,7-8,11H,2-3,6,9-10H2,1H3,(H,18,19). The van der Waals surface area contributed by atoms with Gasteiger partial charge < -0.3 is 4.98 Å². The van der Waals surface area contributed by atoms with Gasteiger partial charge in [0.2, 0.25) is 0 Å². The van der Waals surface area contributed by atoms with Gasteiger partial charge in [-0.05, 0) is 18.9 Å². The number of aromatic amines is 1. The van der Waals surface area contributed by atoms with E-state index in [4.69, 9.17) is 0 Å². The Morgan fingerprint density at radius 3 is 2.77 bits per heavy atom. The number of nitrogens with zero attached hydrogens (tertiary/aromatic N) is 2. The Bertz CT molecular complexity index is 900. The molecule has 0 atom stereocenters. The minimum absolute atomic E-state index is 0.266. The molecule has 3 rings (SSSR count). The summed E-state index contributed by atoms with van der Waals surface area (Å²) < 4.78 is 22.2. The van der Waals surface area contributed by atoms with Gasteiger partial charge in [0, 0.05) is 23.8 Å². The van der Waals surface area contributed by atoms with Crippen LogP contribution in [0.4, 0.5) is 0 Å². The molecule has 1 N–H and O–H groups in total. The van der Waals surface area contributed by atoms with Crippen molar-refractivity contribution in [2.24, 2.45) is 0 Å². The monoisotopic (exact) mass is 317 g/mol. The van der Waals surface area contributed by atoms with Crippen molar-refractivity contribution < 1.29 is 8.42 Å². The number of unbranched alkanes of at least 4 members (excludes halogenated alkanes) is 2. The molecule has 5 nitrogen and oxygen atoms in total. The molecule has 0 unspecified atom stereocenters. The number of aromatic nitrogens is 3. The minimum atomic E-state index is -2.85. The maximum atomic E-state index is 11.1. The fraction of sp³-hybridized carbons (Fsp3) is 0.375. The molecule has 0 radical (unpaired) electrons. The highest BCUT2D eigenvalue weighted by molar-refractivity contribution is 7.90. The van der Waals surface area contributed by atoms with Gasteiger partial charge in [0.05, 0.1) is 22.7 Å². The smallest absolute Gasteiger partial charge is 0.147 e. The maximum absolute atomic E-state index is 11.1.